The number of halogens is 1. The van der Waals surface area contributed by atoms with E-state index in [0.29, 0.717) is 6.42 Å². The summed E-state index contributed by atoms with van der Waals surface area (Å²) in [7, 11) is 0. The highest BCUT2D eigenvalue weighted by atomic mass is 127. The monoisotopic (exact) mass is 302 g/mol. The van der Waals surface area contributed by atoms with Crippen molar-refractivity contribution >= 4 is 34.2 Å². The second kappa shape index (κ2) is 4.16. The second-order valence-electron chi connectivity index (χ2n) is 3.31. The van der Waals surface area contributed by atoms with E-state index in [1.54, 1.807) is 0 Å². The lowest BCUT2D eigenvalue weighted by Gasteiger charge is -2.13. The molecule has 1 aliphatic rings. The van der Waals surface area contributed by atoms with Gasteiger partial charge in [-0.3, -0.25) is 4.79 Å². The minimum atomic E-state index is 0.0996. The highest BCUT2D eigenvalue weighted by Crippen LogP contribution is 2.14. The van der Waals surface area contributed by atoms with Gasteiger partial charge < -0.3 is 10.6 Å². The number of rotatable bonds is 2. The molecule has 2 rings (SSSR count). The summed E-state index contributed by atoms with van der Waals surface area (Å²) in [5.74, 6) is 0.132. The third-order valence-electron chi connectivity index (χ3n) is 2.18. The average Bonchev–Trinajstić information content (AvgIpc) is 2.56. The number of carbonyl (C=O) groups excluding carboxylic acids is 1. The van der Waals surface area contributed by atoms with E-state index in [0.717, 1.165) is 12.1 Å². The summed E-state index contributed by atoms with van der Waals surface area (Å²) < 4.78 is 1.21. The van der Waals surface area contributed by atoms with Crippen LogP contribution in [0.5, 0.6) is 0 Å². The van der Waals surface area contributed by atoms with Crippen LogP contribution in [-0.2, 0) is 4.79 Å². The smallest absolute Gasteiger partial charge is 0.221 e. The van der Waals surface area contributed by atoms with Crippen molar-refractivity contribution in [2.24, 2.45) is 0 Å². The number of carbonyl (C=O) groups is 1. The topological polar surface area (TPSA) is 41.1 Å². The molecule has 1 aliphatic heterocycles. The fourth-order valence-corrected chi connectivity index (χ4v) is 1.83. The maximum absolute atomic E-state index is 10.9. The van der Waals surface area contributed by atoms with Crippen molar-refractivity contribution in [3.8, 4) is 0 Å². The Morgan fingerprint density at radius 3 is 2.64 bits per heavy atom. The van der Waals surface area contributed by atoms with E-state index in [1.807, 2.05) is 24.3 Å². The van der Waals surface area contributed by atoms with Crippen LogP contribution in [0.1, 0.15) is 12.8 Å². The first-order valence-corrected chi connectivity index (χ1v) is 5.63. The number of anilines is 1. The van der Waals surface area contributed by atoms with E-state index in [1.165, 1.54) is 3.57 Å². The summed E-state index contributed by atoms with van der Waals surface area (Å²) in [6.45, 7) is 0. The Morgan fingerprint density at radius 1 is 1.36 bits per heavy atom. The van der Waals surface area contributed by atoms with Gasteiger partial charge in [0.15, 0.2) is 0 Å². The van der Waals surface area contributed by atoms with Crippen molar-refractivity contribution in [2.45, 2.75) is 19.0 Å². The second-order valence-corrected chi connectivity index (χ2v) is 4.56. The lowest BCUT2D eigenvalue weighted by Crippen LogP contribution is -2.32. The largest absolute Gasteiger partial charge is 0.365 e. The van der Waals surface area contributed by atoms with Crippen molar-refractivity contribution < 1.29 is 4.79 Å². The van der Waals surface area contributed by atoms with Crippen LogP contribution in [0, 0.1) is 3.57 Å². The standard InChI is InChI=1S/C10H11IN2O/c11-7-1-3-8(4-2-7)12-9-5-6-10(14)13-9/h1-4,9,12H,5-6H2,(H,13,14). The Kier molecular flexibility index (Phi) is 2.90. The minimum Gasteiger partial charge on any atom is -0.365 e. The Bertz CT molecular complexity index is 336. The number of nitrogens with one attached hydrogen (secondary N) is 2. The van der Waals surface area contributed by atoms with E-state index in [-0.39, 0.29) is 12.1 Å². The molecule has 0 aliphatic carbocycles. The molecule has 1 heterocycles. The van der Waals surface area contributed by atoms with Gasteiger partial charge in [0.25, 0.3) is 0 Å². The van der Waals surface area contributed by atoms with Gasteiger partial charge in [0, 0.05) is 15.7 Å². The molecule has 1 aromatic rings. The lowest BCUT2D eigenvalue weighted by atomic mass is 10.3. The molecule has 74 valence electrons. The molecule has 3 nitrogen and oxygen atoms in total. The van der Waals surface area contributed by atoms with Crippen LogP contribution in [-0.4, -0.2) is 12.1 Å². The van der Waals surface area contributed by atoms with Gasteiger partial charge in [-0.2, -0.15) is 0 Å². The Balaban J connectivity index is 1.97. The molecule has 0 radical (unpaired) electrons. The maximum atomic E-state index is 10.9. The van der Waals surface area contributed by atoms with E-state index < -0.39 is 0 Å². The van der Waals surface area contributed by atoms with Crippen molar-refractivity contribution in [1.82, 2.24) is 5.32 Å². The molecular weight excluding hydrogens is 291 g/mol. The third-order valence-corrected chi connectivity index (χ3v) is 2.90. The van der Waals surface area contributed by atoms with Crippen LogP contribution in [0.3, 0.4) is 0 Å². The molecule has 1 unspecified atom stereocenters. The molecule has 2 N–H and O–H groups in total. The van der Waals surface area contributed by atoms with Gasteiger partial charge in [-0.05, 0) is 53.3 Å². The summed E-state index contributed by atoms with van der Waals surface area (Å²) in [4.78, 5) is 10.9. The molecule has 4 heteroatoms. The number of hydrogen-bond donors (Lipinski definition) is 2. The fourth-order valence-electron chi connectivity index (χ4n) is 1.47. The van der Waals surface area contributed by atoms with E-state index >= 15 is 0 Å². The summed E-state index contributed by atoms with van der Waals surface area (Å²) >= 11 is 2.27. The SMILES string of the molecule is O=C1CCC(Nc2ccc(I)cc2)N1. The van der Waals surface area contributed by atoms with Gasteiger partial charge in [-0.25, -0.2) is 0 Å². The fraction of sp³-hybridized carbons (Fsp3) is 0.300. The first-order chi connectivity index (χ1) is 6.74. The van der Waals surface area contributed by atoms with Crippen LogP contribution in [0.15, 0.2) is 24.3 Å². The van der Waals surface area contributed by atoms with Gasteiger partial charge in [0.2, 0.25) is 5.91 Å². The molecular formula is C10H11IN2O. The Morgan fingerprint density at radius 2 is 2.07 bits per heavy atom. The molecule has 0 aromatic heterocycles. The average molecular weight is 302 g/mol. The third kappa shape index (κ3) is 2.37. The maximum Gasteiger partial charge on any atom is 0.221 e. The molecule has 1 saturated heterocycles. The quantitative estimate of drug-likeness (QED) is 0.820. The molecule has 14 heavy (non-hydrogen) atoms. The normalized spacial score (nSPS) is 20.6. The summed E-state index contributed by atoms with van der Waals surface area (Å²) in [6.07, 6.45) is 1.59. The van der Waals surface area contributed by atoms with E-state index in [2.05, 4.69) is 33.2 Å². The molecule has 0 saturated carbocycles. The zero-order valence-electron chi connectivity index (χ0n) is 7.59. The molecule has 0 spiro atoms. The summed E-state index contributed by atoms with van der Waals surface area (Å²) in [6, 6.07) is 8.12. The van der Waals surface area contributed by atoms with Crippen LogP contribution in [0.4, 0.5) is 5.69 Å². The molecule has 1 fully saturated rings. The zero-order valence-corrected chi connectivity index (χ0v) is 9.74. The van der Waals surface area contributed by atoms with Crippen molar-refractivity contribution in [1.29, 1.82) is 0 Å². The summed E-state index contributed by atoms with van der Waals surface area (Å²) in [5, 5.41) is 6.13. The molecule has 1 atom stereocenters. The van der Waals surface area contributed by atoms with E-state index in [9.17, 15) is 4.79 Å². The zero-order chi connectivity index (χ0) is 9.97. The Hall–Kier alpha value is -0.780. The highest BCUT2D eigenvalue weighted by Gasteiger charge is 2.19. The van der Waals surface area contributed by atoms with Crippen molar-refractivity contribution in [3.63, 3.8) is 0 Å². The van der Waals surface area contributed by atoms with Gasteiger partial charge in [-0.15, -0.1) is 0 Å². The molecule has 1 aromatic carbocycles. The molecule has 0 bridgehead atoms. The predicted octanol–water partition coefficient (Wildman–Crippen LogP) is 1.94. The molecule has 1 amide bonds. The minimum absolute atomic E-state index is 0.0996. The first kappa shape index (κ1) is 9.76. The van der Waals surface area contributed by atoms with Gasteiger partial charge in [-0.1, -0.05) is 0 Å². The van der Waals surface area contributed by atoms with Crippen LogP contribution >= 0.6 is 22.6 Å². The predicted molar refractivity (Wildman–Crippen MR) is 63.9 cm³/mol. The van der Waals surface area contributed by atoms with Gasteiger partial charge >= 0.3 is 0 Å². The van der Waals surface area contributed by atoms with Crippen LogP contribution < -0.4 is 10.6 Å². The van der Waals surface area contributed by atoms with Crippen LogP contribution in [0.25, 0.3) is 0 Å². The van der Waals surface area contributed by atoms with Gasteiger partial charge in [0.1, 0.15) is 0 Å². The first-order valence-electron chi connectivity index (χ1n) is 4.55. The lowest BCUT2D eigenvalue weighted by molar-refractivity contribution is -0.119. The highest BCUT2D eigenvalue weighted by molar-refractivity contribution is 14.1. The van der Waals surface area contributed by atoms with Gasteiger partial charge in [0.05, 0.1) is 6.17 Å². The van der Waals surface area contributed by atoms with Crippen molar-refractivity contribution in [2.75, 3.05) is 5.32 Å². The number of benzene rings is 1. The number of amides is 1. The van der Waals surface area contributed by atoms with Crippen molar-refractivity contribution in [3.05, 3.63) is 27.8 Å². The number of hydrogen-bond acceptors (Lipinski definition) is 2. The van der Waals surface area contributed by atoms with Crippen LogP contribution in [0.2, 0.25) is 0 Å². The van der Waals surface area contributed by atoms with E-state index in [4.69, 9.17) is 0 Å². The Labute approximate surface area is 96.4 Å². The summed E-state index contributed by atoms with van der Waals surface area (Å²) in [5.41, 5.74) is 1.05.